The summed E-state index contributed by atoms with van der Waals surface area (Å²) in [6.07, 6.45) is 1.07. The minimum atomic E-state index is 0.000653. The second kappa shape index (κ2) is 7.01. The van der Waals surface area contributed by atoms with E-state index in [0.29, 0.717) is 16.7 Å². The first kappa shape index (κ1) is 17.7. The molecule has 4 heteroatoms. The van der Waals surface area contributed by atoms with E-state index in [1.807, 2.05) is 6.07 Å². The van der Waals surface area contributed by atoms with E-state index in [2.05, 4.69) is 52.9 Å². The molecular weight excluding hydrogens is 376 g/mol. The van der Waals surface area contributed by atoms with Gasteiger partial charge >= 0.3 is 0 Å². The Hall–Kier alpha value is -2.12. The lowest BCUT2D eigenvalue weighted by Crippen LogP contribution is -2.38. The van der Waals surface area contributed by atoms with Crippen LogP contribution in [-0.2, 0) is 5.41 Å². The Kier molecular flexibility index (Phi) is 4.96. The van der Waals surface area contributed by atoms with Crippen molar-refractivity contribution in [1.29, 1.82) is 5.26 Å². The smallest absolute Gasteiger partial charge is 0.193 e. The highest BCUT2D eigenvalue weighted by Crippen LogP contribution is 2.40. The molecule has 0 bridgehead atoms. The molecule has 0 saturated carbocycles. The van der Waals surface area contributed by atoms with Crippen LogP contribution >= 0.6 is 15.9 Å². The molecule has 1 aliphatic rings. The van der Waals surface area contributed by atoms with E-state index >= 15 is 0 Å². The molecule has 128 valence electrons. The van der Waals surface area contributed by atoms with E-state index in [9.17, 15) is 4.79 Å². The zero-order valence-electron chi connectivity index (χ0n) is 14.6. The molecule has 2 aromatic rings. The summed E-state index contributed by atoms with van der Waals surface area (Å²) in [6, 6.07) is 15.0. The molecule has 0 spiro atoms. The highest BCUT2D eigenvalue weighted by Gasteiger charge is 2.31. The summed E-state index contributed by atoms with van der Waals surface area (Å²) >= 11 is 3.53. The first-order valence-corrected chi connectivity index (χ1v) is 9.59. The minimum Gasteiger partial charge on any atom is -0.370 e. The van der Waals surface area contributed by atoms with Gasteiger partial charge in [-0.25, -0.2) is 0 Å². The average molecular weight is 397 g/mol. The van der Waals surface area contributed by atoms with Crippen molar-refractivity contribution in [3.05, 3.63) is 64.7 Å². The van der Waals surface area contributed by atoms with Gasteiger partial charge in [0.25, 0.3) is 0 Å². The van der Waals surface area contributed by atoms with E-state index in [0.717, 1.165) is 24.8 Å². The molecule has 0 N–H and O–H groups in total. The van der Waals surface area contributed by atoms with Crippen LogP contribution in [0, 0.1) is 11.3 Å². The molecule has 1 heterocycles. The van der Waals surface area contributed by atoms with Gasteiger partial charge in [-0.05, 0) is 59.9 Å². The molecular formula is C21H21BrN2O. The van der Waals surface area contributed by atoms with Gasteiger partial charge in [-0.1, -0.05) is 29.8 Å². The lowest BCUT2D eigenvalue weighted by Gasteiger charge is -2.40. The number of halogens is 1. The van der Waals surface area contributed by atoms with Gasteiger partial charge in [0.05, 0.1) is 11.6 Å². The van der Waals surface area contributed by atoms with Crippen LogP contribution in [0.2, 0.25) is 0 Å². The van der Waals surface area contributed by atoms with Crippen molar-refractivity contribution in [3.8, 4) is 6.07 Å². The quantitative estimate of drug-likeness (QED) is 0.556. The van der Waals surface area contributed by atoms with Crippen LogP contribution in [-0.4, -0.2) is 24.2 Å². The number of fused-ring (bicyclic) bond motifs is 1. The largest absolute Gasteiger partial charge is 0.370 e. The fourth-order valence-electron chi connectivity index (χ4n) is 3.36. The van der Waals surface area contributed by atoms with E-state index in [1.165, 1.54) is 11.3 Å². The topological polar surface area (TPSA) is 44.1 Å². The zero-order chi connectivity index (χ0) is 18.0. The van der Waals surface area contributed by atoms with Crippen LogP contribution in [0.1, 0.15) is 47.3 Å². The fraction of sp³-hybridized carbons (Fsp3) is 0.333. The first-order chi connectivity index (χ1) is 12.0. The molecule has 1 aliphatic heterocycles. The Bertz CT molecular complexity index is 834. The maximum atomic E-state index is 12.8. The Morgan fingerprint density at radius 3 is 2.52 bits per heavy atom. The average Bonchev–Trinajstić information content (AvgIpc) is 2.63. The molecule has 0 aliphatic carbocycles. The summed E-state index contributed by atoms with van der Waals surface area (Å²) < 4.78 is 0. The molecule has 0 atom stereocenters. The molecule has 0 amide bonds. The number of nitriles is 1. The van der Waals surface area contributed by atoms with Crippen LogP contribution < -0.4 is 4.90 Å². The number of carbonyl (C=O) groups is 1. The van der Waals surface area contributed by atoms with Crippen molar-refractivity contribution in [3.63, 3.8) is 0 Å². The van der Waals surface area contributed by atoms with Crippen LogP contribution in [0.5, 0.6) is 0 Å². The van der Waals surface area contributed by atoms with E-state index < -0.39 is 0 Å². The molecule has 0 saturated heterocycles. The zero-order valence-corrected chi connectivity index (χ0v) is 16.1. The Labute approximate surface area is 157 Å². The van der Waals surface area contributed by atoms with E-state index in [4.69, 9.17) is 5.26 Å². The predicted molar refractivity (Wildman–Crippen MR) is 105 cm³/mol. The van der Waals surface area contributed by atoms with Crippen LogP contribution in [0.4, 0.5) is 5.69 Å². The third-order valence-corrected chi connectivity index (χ3v) is 5.32. The Balaban J connectivity index is 1.98. The van der Waals surface area contributed by atoms with Crippen molar-refractivity contribution in [2.75, 3.05) is 23.3 Å². The van der Waals surface area contributed by atoms with E-state index in [1.54, 1.807) is 24.3 Å². The van der Waals surface area contributed by atoms with Crippen molar-refractivity contribution in [1.82, 2.24) is 0 Å². The number of benzene rings is 2. The molecule has 0 unspecified atom stereocenters. The number of anilines is 1. The Morgan fingerprint density at radius 1 is 1.20 bits per heavy atom. The number of nitrogens with zero attached hydrogens (tertiary/aromatic N) is 2. The van der Waals surface area contributed by atoms with Gasteiger partial charge in [-0.3, -0.25) is 4.79 Å². The second-order valence-corrected chi connectivity index (χ2v) is 7.85. The van der Waals surface area contributed by atoms with Crippen LogP contribution in [0.3, 0.4) is 0 Å². The molecule has 2 aromatic carbocycles. The summed E-state index contributed by atoms with van der Waals surface area (Å²) in [4.78, 5) is 15.2. The summed E-state index contributed by atoms with van der Waals surface area (Å²) in [5.41, 5.74) is 4.40. The normalized spacial score (nSPS) is 15.4. The maximum absolute atomic E-state index is 12.8. The molecule has 3 nitrogen and oxygen atoms in total. The number of alkyl halides is 1. The SMILES string of the molecule is CC1(C)CCN(CCBr)c2ccc(C(=O)c3ccc(C#N)cc3)cc21. The van der Waals surface area contributed by atoms with E-state index in [-0.39, 0.29) is 11.2 Å². The summed E-state index contributed by atoms with van der Waals surface area (Å²) in [5.74, 6) is 0.000653. The number of rotatable bonds is 4. The summed E-state index contributed by atoms with van der Waals surface area (Å²) in [6.45, 7) is 6.49. The van der Waals surface area contributed by atoms with Gasteiger partial charge in [0.15, 0.2) is 5.78 Å². The van der Waals surface area contributed by atoms with Crippen LogP contribution in [0.25, 0.3) is 0 Å². The summed E-state index contributed by atoms with van der Waals surface area (Å²) in [7, 11) is 0. The summed E-state index contributed by atoms with van der Waals surface area (Å²) in [5, 5.41) is 9.83. The molecule has 0 radical (unpaired) electrons. The highest BCUT2D eigenvalue weighted by molar-refractivity contribution is 9.09. The standard InChI is InChI=1S/C21H21BrN2O/c1-21(2)9-11-24(12-10-22)19-8-7-17(13-18(19)21)20(25)16-5-3-15(14-23)4-6-16/h3-8,13H,9-12H2,1-2H3. The lowest BCUT2D eigenvalue weighted by atomic mass is 9.76. The van der Waals surface area contributed by atoms with Gasteiger partial charge in [-0.2, -0.15) is 5.26 Å². The monoisotopic (exact) mass is 396 g/mol. The predicted octanol–water partition coefficient (Wildman–Crippen LogP) is 4.67. The minimum absolute atomic E-state index is 0.000653. The molecule has 25 heavy (non-hydrogen) atoms. The lowest BCUT2D eigenvalue weighted by molar-refractivity contribution is 0.103. The Morgan fingerprint density at radius 2 is 1.88 bits per heavy atom. The maximum Gasteiger partial charge on any atom is 0.193 e. The van der Waals surface area contributed by atoms with Crippen molar-refractivity contribution in [2.24, 2.45) is 0 Å². The highest BCUT2D eigenvalue weighted by atomic mass is 79.9. The van der Waals surface area contributed by atoms with Gasteiger partial charge in [0, 0.05) is 35.2 Å². The van der Waals surface area contributed by atoms with Crippen molar-refractivity contribution >= 4 is 27.4 Å². The molecule has 0 fully saturated rings. The third-order valence-electron chi connectivity index (χ3n) is 4.97. The molecule has 0 aromatic heterocycles. The van der Waals surface area contributed by atoms with Crippen molar-refractivity contribution < 1.29 is 4.79 Å². The number of carbonyl (C=O) groups excluding carboxylic acids is 1. The van der Waals surface area contributed by atoms with Gasteiger partial charge < -0.3 is 4.90 Å². The second-order valence-electron chi connectivity index (χ2n) is 7.06. The fourth-order valence-corrected chi connectivity index (χ4v) is 3.79. The van der Waals surface area contributed by atoms with Gasteiger partial charge in [-0.15, -0.1) is 0 Å². The van der Waals surface area contributed by atoms with Crippen molar-refractivity contribution in [2.45, 2.75) is 25.7 Å². The number of ketones is 1. The first-order valence-electron chi connectivity index (χ1n) is 8.46. The molecule has 3 rings (SSSR count). The third kappa shape index (κ3) is 3.48. The number of hydrogen-bond donors (Lipinski definition) is 0. The van der Waals surface area contributed by atoms with Crippen LogP contribution in [0.15, 0.2) is 42.5 Å². The van der Waals surface area contributed by atoms with Gasteiger partial charge in [0.1, 0.15) is 0 Å². The number of hydrogen-bond acceptors (Lipinski definition) is 3. The van der Waals surface area contributed by atoms with Gasteiger partial charge in [0.2, 0.25) is 0 Å².